The van der Waals surface area contributed by atoms with Gasteiger partial charge in [0.05, 0.1) is 0 Å². The van der Waals surface area contributed by atoms with Crippen molar-refractivity contribution in [2.24, 2.45) is 0 Å². The number of carbonyl (C=O) groups is 1. The number of nitrogens with zero attached hydrogens (tertiary/aromatic N) is 1. The van der Waals surface area contributed by atoms with Gasteiger partial charge in [0.25, 0.3) is 0 Å². The Hall–Kier alpha value is -0.570. The zero-order valence-corrected chi connectivity index (χ0v) is 6.10. The highest BCUT2D eigenvalue weighted by molar-refractivity contribution is 5.76. The smallest absolute Gasteiger partial charge is 0.189 e. The predicted molar refractivity (Wildman–Crippen MR) is 39.2 cm³/mol. The molecule has 0 fully saturated rings. The van der Waals surface area contributed by atoms with E-state index in [4.69, 9.17) is 5.73 Å². The van der Waals surface area contributed by atoms with Crippen LogP contribution < -0.4 is 11.1 Å². The molecule has 0 unspecified atom stereocenters. The first-order chi connectivity index (χ1) is 4.81. The second-order valence-electron chi connectivity index (χ2n) is 2.03. The zero-order chi connectivity index (χ0) is 7.82. The lowest BCUT2D eigenvalue weighted by molar-refractivity contribution is -0.120. The Labute approximate surface area is 62.0 Å². The highest BCUT2D eigenvalue weighted by Crippen LogP contribution is 1.83. The molecule has 3 nitrogen and oxygen atoms in total. The molecule has 0 saturated carbocycles. The van der Waals surface area contributed by atoms with Crippen molar-refractivity contribution in [2.45, 2.75) is 19.3 Å². The average Bonchev–Trinajstić information content (AvgIpc) is 1.98. The maximum Gasteiger partial charge on any atom is 0.189 e. The minimum atomic E-state index is -0.0297. The second kappa shape index (κ2) is 6.55. The SMILES string of the molecule is [CH2-]CC(=O)NCCCC[N]. The topological polar surface area (TPSA) is 51.4 Å². The van der Waals surface area contributed by atoms with Crippen LogP contribution in [0.15, 0.2) is 0 Å². The van der Waals surface area contributed by atoms with Gasteiger partial charge in [-0.15, -0.1) is 12.2 Å². The van der Waals surface area contributed by atoms with E-state index < -0.39 is 0 Å². The predicted octanol–water partition coefficient (Wildman–Crippen LogP) is 0.176. The molecule has 0 aliphatic heterocycles. The van der Waals surface area contributed by atoms with Crippen LogP contribution in [0.25, 0.3) is 0 Å². The summed E-state index contributed by atoms with van der Waals surface area (Å²) in [4.78, 5) is 10.5. The highest BCUT2D eigenvalue weighted by atomic mass is 16.1. The Morgan fingerprint density at radius 1 is 1.50 bits per heavy atom. The fourth-order valence-electron chi connectivity index (χ4n) is 0.553. The van der Waals surface area contributed by atoms with Crippen molar-refractivity contribution in [1.82, 2.24) is 11.1 Å². The molecular weight excluding hydrogens is 128 g/mol. The van der Waals surface area contributed by atoms with Crippen LogP contribution in [0, 0.1) is 6.92 Å². The van der Waals surface area contributed by atoms with Crippen LogP contribution >= 0.6 is 0 Å². The lowest BCUT2D eigenvalue weighted by Crippen LogP contribution is -2.23. The minimum Gasteiger partial charge on any atom is -0.358 e. The molecule has 0 aromatic rings. The van der Waals surface area contributed by atoms with Crippen molar-refractivity contribution < 1.29 is 4.79 Å². The first kappa shape index (κ1) is 9.43. The van der Waals surface area contributed by atoms with Gasteiger partial charge in [0, 0.05) is 13.1 Å². The number of hydrogen-bond donors (Lipinski definition) is 1. The third kappa shape index (κ3) is 5.56. The molecule has 0 aliphatic rings. The van der Waals surface area contributed by atoms with Gasteiger partial charge in [-0.3, -0.25) is 4.79 Å². The van der Waals surface area contributed by atoms with Crippen LogP contribution in [-0.4, -0.2) is 19.0 Å². The summed E-state index contributed by atoms with van der Waals surface area (Å²) in [6.07, 6.45) is 1.87. The van der Waals surface area contributed by atoms with Gasteiger partial charge < -0.3 is 12.2 Å². The lowest BCUT2D eigenvalue weighted by Gasteiger charge is -2.02. The summed E-state index contributed by atoms with van der Waals surface area (Å²) < 4.78 is 0. The van der Waals surface area contributed by atoms with Crippen molar-refractivity contribution in [3.63, 3.8) is 0 Å². The monoisotopic (exact) mass is 141 g/mol. The maximum atomic E-state index is 10.5. The van der Waals surface area contributed by atoms with Crippen LogP contribution in [0.1, 0.15) is 19.3 Å². The molecule has 1 N–H and O–H groups in total. The van der Waals surface area contributed by atoms with Crippen LogP contribution in [-0.2, 0) is 4.79 Å². The van der Waals surface area contributed by atoms with Crippen LogP contribution in [0.5, 0.6) is 0 Å². The van der Waals surface area contributed by atoms with Crippen molar-refractivity contribution in [2.75, 3.05) is 13.1 Å². The molecule has 0 aromatic carbocycles. The van der Waals surface area contributed by atoms with E-state index in [1.54, 1.807) is 0 Å². The summed E-state index contributed by atoms with van der Waals surface area (Å²) in [6.45, 7) is 4.27. The third-order valence-corrected chi connectivity index (χ3v) is 1.13. The fraction of sp³-hybridized carbons (Fsp3) is 0.714. The van der Waals surface area contributed by atoms with E-state index >= 15 is 0 Å². The molecule has 0 spiro atoms. The third-order valence-electron chi connectivity index (χ3n) is 1.13. The van der Waals surface area contributed by atoms with Gasteiger partial charge >= 0.3 is 0 Å². The molecule has 3 heteroatoms. The van der Waals surface area contributed by atoms with Crippen LogP contribution in [0.2, 0.25) is 0 Å². The van der Waals surface area contributed by atoms with Crippen molar-refractivity contribution in [1.29, 1.82) is 0 Å². The molecule has 0 heterocycles. The van der Waals surface area contributed by atoms with Gasteiger partial charge in [0.2, 0.25) is 0 Å². The number of hydrogen-bond acceptors (Lipinski definition) is 1. The van der Waals surface area contributed by atoms with E-state index in [-0.39, 0.29) is 12.5 Å². The molecule has 0 saturated heterocycles. The van der Waals surface area contributed by atoms with E-state index in [2.05, 4.69) is 12.2 Å². The standard InChI is InChI=1S/C7H13N2O/c1-2-7(10)9-6-4-3-5-8/h1-6H2,(H,9,10)/q-1. The van der Waals surface area contributed by atoms with E-state index in [0.29, 0.717) is 13.0 Å². The van der Waals surface area contributed by atoms with E-state index in [1.807, 2.05) is 0 Å². The van der Waals surface area contributed by atoms with Gasteiger partial charge in [-0.1, -0.05) is 0 Å². The van der Waals surface area contributed by atoms with Crippen molar-refractivity contribution in [3.8, 4) is 0 Å². The van der Waals surface area contributed by atoms with E-state index in [9.17, 15) is 4.79 Å². The van der Waals surface area contributed by atoms with E-state index in [1.165, 1.54) is 0 Å². The van der Waals surface area contributed by atoms with Gasteiger partial charge in [-0.2, -0.15) is 0 Å². The minimum absolute atomic E-state index is 0.0297. The quantitative estimate of drug-likeness (QED) is 0.431. The first-order valence-electron chi connectivity index (χ1n) is 3.48. The summed E-state index contributed by atoms with van der Waals surface area (Å²) >= 11 is 0. The molecule has 0 atom stereocenters. The molecule has 0 aliphatic carbocycles. The number of unbranched alkanes of at least 4 members (excludes halogenated alkanes) is 1. The van der Waals surface area contributed by atoms with Crippen molar-refractivity contribution in [3.05, 3.63) is 6.92 Å². The Kier molecular flexibility index (Phi) is 6.18. The second-order valence-corrected chi connectivity index (χ2v) is 2.03. The summed E-state index contributed by atoms with van der Waals surface area (Å²) in [6, 6.07) is 0. The van der Waals surface area contributed by atoms with Gasteiger partial charge in [0.15, 0.2) is 5.91 Å². The molecule has 0 rings (SSSR count). The number of nitrogens with one attached hydrogen (secondary N) is 1. The van der Waals surface area contributed by atoms with Crippen molar-refractivity contribution >= 4 is 5.91 Å². The van der Waals surface area contributed by atoms with Gasteiger partial charge in [0.1, 0.15) is 0 Å². The summed E-state index contributed by atoms with van der Waals surface area (Å²) in [5.41, 5.74) is 8.36. The fourth-order valence-corrected chi connectivity index (χ4v) is 0.553. The molecule has 0 bridgehead atoms. The number of rotatable bonds is 5. The lowest BCUT2D eigenvalue weighted by atomic mass is 10.3. The Bertz CT molecular complexity index is 93.6. The summed E-state index contributed by atoms with van der Waals surface area (Å²) in [5, 5.41) is 2.65. The maximum absolute atomic E-state index is 10.5. The summed E-state index contributed by atoms with van der Waals surface area (Å²) in [7, 11) is 0. The zero-order valence-electron chi connectivity index (χ0n) is 6.10. The molecule has 58 valence electrons. The van der Waals surface area contributed by atoms with E-state index in [0.717, 1.165) is 12.8 Å². The summed E-state index contributed by atoms with van der Waals surface area (Å²) in [5.74, 6) is -0.0297. The van der Waals surface area contributed by atoms with Gasteiger partial charge in [-0.25, -0.2) is 0 Å². The molecule has 10 heavy (non-hydrogen) atoms. The van der Waals surface area contributed by atoms with Crippen LogP contribution in [0.3, 0.4) is 0 Å². The Morgan fingerprint density at radius 2 is 2.20 bits per heavy atom. The number of amides is 1. The Balaban J connectivity index is 2.96. The van der Waals surface area contributed by atoms with Crippen LogP contribution in [0.4, 0.5) is 0 Å². The molecule has 1 amide bonds. The Morgan fingerprint density at radius 3 is 2.70 bits per heavy atom. The molecular formula is C7H13N2O-. The highest BCUT2D eigenvalue weighted by Gasteiger charge is 1.90. The normalized spacial score (nSPS) is 9.40. The number of carbonyl (C=O) groups excluding carboxylic acids is 1. The average molecular weight is 141 g/mol. The largest absolute Gasteiger partial charge is 0.358 e. The van der Waals surface area contributed by atoms with Gasteiger partial charge in [-0.05, 0) is 12.8 Å². The molecule has 2 radical (unpaired) electrons. The first-order valence-corrected chi connectivity index (χ1v) is 3.48. The molecule has 0 aromatic heterocycles.